The van der Waals surface area contributed by atoms with E-state index in [1.807, 2.05) is 22.6 Å². The summed E-state index contributed by atoms with van der Waals surface area (Å²) in [6.45, 7) is 0.643. The lowest BCUT2D eigenvalue weighted by atomic mass is 9.83. The van der Waals surface area contributed by atoms with E-state index in [1.54, 1.807) is 17.1 Å². The van der Waals surface area contributed by atoms with Gasteiger partial charge in [-0.2, -0.15) is 0 Å². The molecule has 3 rings (SSSR count). The topological polar surface area (TPSA) is 44.1 Å². The van der Waals surface area contributed by atoms with Crippen LogP contribution >= 0.6 is 22.6 Å². The summed E-state index contributed by atoms with van der Waals surface area (Å²) in [5, 5.41) is 0. The molecule has 1 aliphatic heterocycles. The number of aromatic nitrogens is 2. The van der Waals surface area contributed by atoms with Gasteiger partial charge in [-0.25, -0.2) is 4.98 Å². The smallest absolute Gasteiger partial charge is 0.266 e. The van der Waals surface area contributed by atoms with E-state index in [0.29, 0.717) is 10.1 Å². The van der Waals surface area contributed by atoms with Gasteiger partial charge in [-0.3, -0.25) is 9.36 Å². The fourth-order valence-electron chi connectivity index (χ4n) is 3.36. The molecule has 1 saturated carbocycles. The average Bonchev–Trinajstić information content (AvgIpc) is 2.79. The van der Waals surface area contributed by atoms with Crippen LogP contribution < -0.4 is 5.56 Å². The van der Waals surface area contributed by atoms with Gasteiger partial charge in [0.15, 0.2) is 0 Å². The first-order valence-corrected chi connectivity index (χ1v) is 8.14. The molecule has 1 spiro atoms. The second kappa shape index (κ2) is 5.52. The van der Waals surface area contributed by atoms with Gasteiger partial charge in [0.05, 0.1) is 28.1 Å². The monoisotopic (exact) mass is 374 g/mol. The molecule has 4 nitrogen and oxygen atoms in total. The zero-order valence-corrected chi connectivity index (χ0v) is 13.1. The molecule has 1 atom stereocenters. The lowest BCUT2D eigenvalue weighted by molar-refractivity contribution is -0.0683. The Labute approximate surface area is 126 Å². The number of hydrogen-bond acceptors (Lipinski definition) is 3. The third-order valence-corrected chi connectivity index (χ3v) is 5.10. The van der Waals surface area contributed by atoms with Gasteiger partial charge in [-0.15, -0.1) is 0 Å². The zero-order valence-electron chi connectivity index (χ0n) is 11.0. The molecule has 2 fully saturated rings. The summed E-state index contributed by atoms with van der Waals surface area (Å²) in [5.74, 6) is 0. The molecule has 1 aromatic rings. The van der Waals surface area contributed by atoms with Crippen LogP contribution in [0.25, 0.3) is 0 Å². The van der Waals surface area contributed by atoms with E-state index in [4.69, 9.17) is 4.74 Å². The summed E-state index contributed by atoms with van der Waals surface area (Å²) in [4.78, 5) is 16.1. The van der Waals surface area contributed by atoms with Gasteiger partial charge in [-0.1, -0.05) is 19.3 Å². The second-order valence-corrected chi connectivity index (χ2v) is 6.88. The normalized spacial score (nSPS) is 25.8. The van der Waals surface area contributed by atoms with Crippen LogP contribution in [0, 0.1) is 3.57 Å². The largest absolute Gasteiger partial charge is 0.370 e. The van der Waals surface area contributed by atoms with Crippen LogP contribution in [0.4, 0.5) is 0 Å². The maximum Gasteiger partial charge on any atom is 0.266 e. The van der Waals surface area contributed by atoms with Crippen molar-refractivity contribution in [3.63, 3.8) is 0 Å². The quantitative estimate of drug-likeness (QED) is 0.748. The van der Waals surface area contributed by atoms with Crippen LogP contribution in [0.15, 0.2) is 17.3 Å². The van der Waals surface area contributed by atoms with Crippen molar-refractivity contribution in [1.82, 2.24) is 9.55 Å². The fraction of sp³-hybridized carbons (Fsp3) is 0.714. The third-order valence-electron chi connectivity index (χ3n) is 4.36. The van der Waals surface area contributed by atoms with E-state index < -0.39 is 0 Å². The maximum absolute atomic E-state index is 12.0. The average molecular weight is 374 g/mol. The van der Waals surface area contributed by atoms with Crippen LogP contribution in [0.2, 0.25) is 0 Å². The highest BCUT2D eigenvalue weighted by Crippen LogP contribution is 2.42. The van der Waals surface area contributed by atoms with Gasteiger partial charge < -0.3 is 4.74 Å². The predicted molar refractivity (Wildman–Crippen MR) is 81.1 cm³/mol. The number of hydrogen-bond donors (Lipinski definition) is 0. The van der Waals surface area contributed by atoms with E-state index in [9.17, 15) is 4.79 Å². The van der Waals surface area contributed by atoms with Crippen molar-refractivity contribution < 1.29 is 4.74 Å². The first-order valence-electron chi connectivity index (χ1n) is 7.06. The van der Waals surface area contributed by atoms with Crippen molar-refractivity contribution in [1.29, 1.82) is 0 Å². The Balaban J connectivity index is 1.69. The minimum absolute atomic E-state index is 0.0452. The van der Waals surface area contributed by atoms with Crippen molar-refractivity contribution in [3.05, 3.63) is 26.4 Å². The number of halogens is 1. The van der Waals surface area contributed by atoms with E-state index in [2.05, 4.69) is 4.98 Å². The molecule has 104 valence electrons. The van der Waals surface area contributed by atoms with Gasteiger partial charge in [-0.05, 0) is 48.3 Å². The first-order chi connectivity index (χ1) is 9.19. The lowest BCUT2D eigenvalue weighted by Gasteiger charge is -2.33. The highest BCUT2D eigenvalue weighted by Gasteiger charge is 2.40. The van der Waals surface area contributed by atoms with Gasteiger partial charge in [0, 0.05) is 6.20 Å². The first kappa shape index (κ1) is 13.5. The maximum atomic E-state index is 12.0. The standard InChI is InChI=1S/C14H19IN2O2/c15-12-8-16-10-17(13(12)18)9-11-4-7-14(19-11)5-2-1-3-6-14/h8,10-11H,1-7,9H2. The molecule has 0 aromatic carbocycles. The molecule has 1 saturated heterocycles. The molecule has 1 unspecified atom stereocenters. The molecule has 5 heteroatoms. The van der Waals surface area contributed by atoms with Crippen molar-refractivity contribution in [2.45, 2.75) is 63.2 Å². The van der Waals surface area contributed by atoms with Crippen LogP contribution in [0.5, 0.6) is 0 Å². The van der Waals surface area contributed by atoms with Gasteiger partial charge in [0.1, 0.15) is 0 Å². The predicted octanol–water partition coefficient (Wildman–Crippen LogP) is 2.73. The minimum atomic E-state index is 0.0452. The van der Waals surface area contributed by atoms with Crippen LogP contribution in [0.3, 0.4) is 0 Å². The molecule has 2 aliphatic rings. The molecule has 0 radical (unpaired) electrons. The van der Waals surface area contributed by atoms with Gasteiger partial charge in [0.25, 0.3) is 5.56 Å². The molecule has 1 aromatic heterocycles. The number of rotatable bonds is 2. The molecule has 2 heterocycles. The van der Waals surface area contributed by atoms with Gasteiger partial charge in [0.2, 0.25) is 0 Å². The molecule has 0 bridgehead atoms. The second-order valence-electron chi connectivity index (χ2n) is 5.72. The van der Waals surface area contributed by atoms with Crippen molar-refractivity contribution >= 4 is 22.6 Å². The Morgan fingerprint density at radius 2 is 2.16 bits per heavy atom. The molecule has 19 heavy (non-hydrogen) atoms. The van der Waals surface area contributed by atoms with E-state index in [1.165, 1.54) is 32.1 Å². The molecule has 1 aliphatic carbocycles. The molecule has 0 amide bonds. The van der Waals surface area contributed by atoms with Crippen LogP contribution in [-0.2, 0) is 11.3 Å². The Hall–Kier alpha value is -0.430. The van der Waals surface area contributed by atoms with E-state index in [0.717, 1.165) is 12.8 Å². The number of nitrogens with zero attached hydrogens (tertiary/aromatic N) is 2. The van der Waals surface area contributed by atoms with E-state index in [-0.39, 0.29) is 17.3 Å². The highest BCUT2D eigenvalue weighted by atomic mass is 127. The lowest BCUT2D eigenvalue weighted by Crippen LogP contribution is -2.34. The van der Waals surface area contributed by atoms with Crippen LogP contribution in [0.1, 0.15) is 44.9 Å². The summed E-state index contributed by atoms with van der Waals surface area (Å²) in [6, 6.07) is 0. The Kier molecular flexibility index (Phi) is 3.93. The molecular formula is C14H19IN2O2. The summed E-state index contributed by atoms with van der Waals surface area (Å²) in [7, 11) is 0. The Morgan fingerprint density at radius 1 is 1.37 bits per heavy atom. The summed E-state index contributed by atoms with van der Waals surface area (Å²) in [5.41, 5.74) is 0.172. The fourth-order valence-corrected chi connectivity index (χ4v) is 3.83. The Bertz CT molecular complexity index is 508. The summed E-state index contributed by atoms with van der Waals surface area (Å²) >= 11 is 2.04. The van der Waals surface area contributed by atoms with Crippen LogP contribution in [-0.4, -0.2) is 21.3 Å². The van der Waals surface area contributed by atoms with Crippen molar-refractivity contribution in [2.24, 2.45) is 0 Å². The third kappa shape index (κ3) is 2.86. The summed E-state index contributed by atoms with van der Waals surface area (Å²) in [6.07, 6.45) is 12.0. The Morgan fingerprint density at radius 3 is 2.95 bits per heavy atom. The van der Waals surface area contributed by atoms with Crippen molar-refractivity contribution in [2.75, 3.05) is 0 Å². The molecule has 0 N–H and O–H groups in total. The number of ether oxygens (including phenoxy) is 1. The highest BCUT2D eigenvalue weighted by molar-refractivity contribution is 14.1. The SMILES string of the molecule is O=c1c(I)cncn1CC1CCC2(CCCCC2)O1. The van der Waals surface area contributed by atoms with Crippen molar-refractivity contribution in [3.8, 4) is 0 Å². The van der Waals surface area contributed by atoms with Gasteiger partial charge >= 0.3 is 0 Å². The summed E-state index contributed by atoms with van der Waals surface area (Å²) < 4.78 is 8.66. The minimum Gasteiger partial charge on any atom is -0.370 e. The zero-order chi connectivity index (χ0) is 13.3. The molecular weight excluding hydrogens is 355 g/mol. The van der Waals surface area contributed by atoms with E-state index >= 15 is 0 Å².